The lowest BCUT2D eigenvalue weighted by molar-refractivity contribution is -0.122. The number of fused-ring (bicyclic) bond motifs is 1. The van der Waals surface area contributed by atoms with E-state index in [-0.39, 0.29) is 11.8 Å². The third kappa shape index (κ3) is 2.68. The number of carbonyl (C=O) groups excluding carboxylic acids is 2. The van der Waals surface area contributed by atoms with Crippen LogP contribution in [0, 0.1) is 11.8 Å². The van der Waals surface area contributed by atoms with E-state index in [1.165, 1.54) is 11.3 Å². The number of thiazole rings is 1. The van der Waals surface area contributed by atoms with Crippen molar-refractivity contribution in [2.24, 2.45) is 17.6 Å². The number of rotatable bonds is 3. The maximum Gasteiger partial charge on any atom is 0.274 e. The third-order valence-corrected chi connectivity index (χ3v) is 6.26. The highest BCUT2D eigenvalue weighted by Crippen LogP contribution is 2.43. The topological polar surface area (TPSA) is 102 Å². The van der Waals surface area contributed by atoms with E-state index in [1.54, 1.807) is 4.90 Å². The molecule has 2 fully saturated rings. The van der Waals surface area contributed by atoms with Gasteiger partial charge in [0.2, 0.25) is 5.91 Å². The molecule has 0 bridgehead atoms. The van der Waals surface area contributed by atoms with Gasteiger partial charge in [-0.15, -0.1) is 0 Å². The van der Waals surface area contributed by atoms with E-state index >= 15 is 0 Å². The fraction of sp³-hybridized carbons (Fsp3) is 0.389. The van der Waals surface area contributed by atoms with Gasteiger partial charge in [0.05, 0.1) is 4.88 Å². The zero-order chi connectivity index (χ0) is 17.6. The van der Waals surface area contributed by atoms with Gasteiger partial charge in [-0.2, -0.15) is 0 Å². The fourth-order valence-electron chi connectivity index (χ4n) is 4.28. The molecule has 3 unspecified atom stereocenters. The van der Waals surface area contributed by atoms with Crippen LogP contribution in [-0.4, -0.2) is 34.3 Å². The molecule has 6 nitrogen and oxygen atoms in total. The highest BCUT2D eigenvalue weighted by Gasteiger charge is 2.49. The van der Waals surface area contributed by atoms with Crippen molar-refractivity contribution >= 4 is 28.3 Å². The molecule has 1 aliphatic carbocycles. The van der Waals surface area contributed by atoms with Crippen LogP contribution in [-0.2, 0) is 4.79 Å². The Bertz CT molecular complexity index is 820. The van der Waals surface area contributed by atoms with Gasteiger partial charge in [0.15, 0.2) is 5.13 Å². The minimum Gasteiger partial charge on any atom is -0.375 e. The molecule has 4 rings (SSSR count). The SMILES string of the molecule is NC(=O)C1C2CCCC2CN1C(=O)c1nc(N)sc1-c1ccccc1. The van der Waals surface area contributed by atoms with Crippen LogP contribution in [0.25, 0.3) is 10.4 Å². The Morgan fingerprint density at radius 3 is 2.68 bits per heavy atom. The maximum absolute atomic E-state index is 13.2. The fourth-order valence-corrected chi connectivity index (χ4v) is 5.11. The molecule has 2 heterocycles. The number of anilines is 1. The second-order valence-corrected chi connectivity index (χ2v) is 7.79. The van der Waals surface area contributed by atoms with Crippen molar-refractivity contribution in [1.29, 1.82) is 0 Å². The first-order valence-corrected chi connectivity index (χ1v) is 9.30. The minimum atomic E-state index is -0.536. The zero-order valence-electron chi connectivity index (χ0n) is 13.7. The summed E-state index contributed by atoms with van der Waals surface area (Å²) in [6, 6.07) is 9.05. The van der Waals surface area contributed by atoms with Crippen LogP contribution in [0.4, 0.5) is 5.13 Å². The number of primary amides is 1. The Hall–Kier alpha value is -2.41. The van der Waals surface area contributed by atoms with E-state index in [9.17, 15) is 9.59 Å². The first-order chi connectivity index (χ1) is 12.1. The standard InChI is InChI=1S/C18H20N4O2S/c19-16(23)14-12-8-4-7-11(12)9-22(14)17(24)13-15(25-18(20)21-13)10-5-2-1-3-6-10/h1-3,5-6,11-12,14H,4,7-9H2,(H2,19,23)(H2,20,21). The monoisotopic (exact) mass is 356 g/mol. The van der Waals surface area contributed by atoms with Gasteiger partial charge in [-0.25, -0.2) is 4.98 Å². The predicted molar refractivity (Wildman–Crippen MR) is 96.8 cm³/mol. The van der Waals surface area contributed by atoms with Crippen molar-refractivity contribution in [3.05, 3.63) is 36.0 Å². The summed E-state index contributed by atoms with van der Waals surface area (Å²) >= 11 is 1.29. The lowest BCUT2D eigenvalue weighted by Gasteiger charge is -2.24. The summed E-state index contributed by atoms with van der Waals surface area (Å²) in [4.78, 5) is 31.9. The molecule has 7 heteroatoms. The van der Waals surface area contributed by atoms with Crippen LogP contribution >= 0.6 is 11.3 Å². The molecule has 1 saturated heterocycles. The van der Waals surface area contributed by atoms with Gasteiger partial charge in [-0.3, -0.25) is 9.59 Å². The summed E-state index contributed by atoms with van der Waals surface area (Å²) in [5, 5.41) is 0.345. The summed E-state index contributed by atoms with van der Waals surface area (Å²) < 4.78 is 0. The van der Waals surface area contributed by atoms with Crippen molar-refractivity contribution in [2.75, 3.05) is 12.3 Å². The molecule has 25 heavy (non-hydrogen) atoms. The second kappa shape index (κ2) is 6.15. The van der Waals surface area contributed by atoms with Crippen molar-refractivity contribution in [1.82, 2.24) is 9.88 Å². The predicted octanol–water partition coefficient (Wildman–Crippen LogP) is 2.12. The zero-order valence-corrected chi connectivity index (χ0v) is 14.5. The Labute approximate surface area is 149 Å². The van der Waals surface area contributed by atoms with E-state index in [0.717, 1.165) is 29.7 Å². The number of nitrogens with two attached hydrogens (primary N) is 2. The van der Waals surface area contributed by atoms with Crippen molar-refractivity contribution in [3.8, 4) is 10.4 Å². The molecule has 1 aliphatic heterocycles. The summed E-state index contributed by atoms with van der Waals surface area (Å²) in [7, 11) is 0. The molecule has 0 radical (unpaired) electrons. The Balaban J connectivity index is 1.71. The van der Waals surface area contributed by atoms with Crippen LogP contribution in [0.2, 0.25) is 0 Å². The number of carbonyl (C=O) groups is 2. The van der Waals surface area contributed by atoms with Gasteiger partial charge in [0.1, 0.15) is 11.7 Å². The van der Waals surface area contributed by atoms with Gasteiger partial charge in [-0.05, 0) is 30.2 Å². The highest BCUT2D eigenvalue weighted by atomic mass is 32.1. The van der Waals surface area contributed by atoms with Crippen LogP contribution in [0.1, 0.15) is 29.8 Å². The maximum atomic E-state index is 13.2. The number of amides is 2. The summed E-state index contributed by atoms with van der Waals surface area (Å²) in [5.74, 6) is -0.132. The van der Waals surface area contributed by atoms with Crippen LogP contribution in [0.5, 0.6) is 0 Å². The molecule has 1 saturated carbocycles. The van der Waals surface area contributed by atoms with E-state index < -0.39 is 11.9 Å². The first kappa shape index (κ1) is 16.1. The van der Waals surface area contributed by atoms with Gasteiger partial charge in [0, 0.05) is 6.54 Å². The number of aromatic nitrogens is 1. The molecule has 2 aromatic rings. The van der Waals surface area contributed by atoms with Gasteiger partial charge in [-0.1, -0.05) is 48.1 Å². The van der Waals surface area contributed by atoms with Crippen LogP contribution < -0.4 is 11.5 Å². The number of nitrogens with zero attached hydrogens (tertiary/aromatic N) is 2. The molecule has 2 amide bonds. The van der Waals surface area contributed by atoms with Crippen molar-refractivity contribution in [2.45, 2.75) is 25.3 Å². The Morgan fingerprint density at radius 2 is 1.96 bits per heavy atom. The normalized spacial score (nSPS) is 25.1. The molecule has 0 spiro atoms. The molecule has 3 atom stereocenters. The molecule has 4 N–H and O–H groups in total. The summed E-state index contributed by atoms with van der Waals surface area (Å²) in [6.45, 7) is 0.572. The number of hydrogen-bond acceptors (Lipinski definition) is 5. The van der Waals surface area contributed by atoms with E-state index in [1.807, 2.05) is 30.3 Å². The quantitative estimate of drug-likeness (QED) is 0.879. The van der Waals surface area contributed by atoms with Gasteiger partial charge >= 0.3 is 0 Å². The molecular formula is C18H20N4O2S. The molecule has 1 aromatic carbocycles. The number of nitrogen functional groups attached to an aromatic ring is 1. The van der Waals surface area contributed by atoms with Crippen molar-refractivity contribution in [3.63, 3.8) is 0 Å². The first-order valence-electron chi connectivity index (χ1n) is 8.48. The van der Waals surface area contributed by atoms with Crippen molar-refractivity contribution < 1.29 is 9.59 Å². The van der Waals surface area contributed by atoms with Crippen LogP contribution in [0.15, 0.2) is 30.3 Å². The average molecular weight is 356 g/mol. The molecular weight excluding hydrogens is 336 g/mol. The summed E-state index contributed by atoms with van der Waals surface area (Å²) in [5.41, 5.74) is 12.7. The Kier molecular flexibility index (Phi) is 3.95. The van der Waals surface area contributed by atoms with Crippen LogP contribution in [0.3, 0.4) is 0 Å². The van der Waals surface area contributed by atoms with E-state index in [4.69, 9.17) is 11.5 Å². The number of hydrogen-bond donors (Lipinski definition) is 2. The number of benzene rings is 1. The molecule has 130 valence electrons. The van der Waals surface area contributed by atoms with Gasteiger partial charge < -0.3 is 16.4 Å². The molecule has 1 aromatic heterocycles. The smallest absolute Gasteiger partial charge is 0.274 e. The Morgan fingerprint density at radius 1 is 1.20 bits per heavy atom. The largest absolute Gasteiger partial charge is 0.375 e. The lowest BCUT2D eigenvalue weighted by atomic mass is 9.93. The highest BCUT2D eigenvalue weighted by molar-refractivity contribution is 7.19. The van der Waals surface area contributed by atoms with Gasteiger partial charge in [0.25, 0.3) is 5.91 Å². The van der Waals surface area contributed by atoms with E-state index in [0.29, 0.717) is 23.3 Å². The third-order valence-electron chi connectivity index (χ3n) is 5.33. The lowest BCUT2D eigenvalue weighted by Crippen LogP contribution is -2.46. The average Bonchev–Trinajstić information content (AvgIpc) is 3.28. The van der Waals surface area contributed by atoms with E-state index in [2.05, 4.69) is 4.98 Å². The second-order valence-electron chi connectivity index (χ2n) is 6.76. The molecule has 2 aliphatic rings. The minimum absolute atomic E-state index is 0.178. The summed E-state index contributed by atoms with van der Waals surface area (Å²) in [6.07, 6.45) is 3.09. The number of likely N-dealkylation sites (tertiary alicyclic amines) is 1.